The van der Waals surface area contributed by atoms with Gasteiger partial charge < -0.3 is 14.5 Å². The zero-order chi connectivity index (χ0) is 20.9. The molecule has 9 nitrogen and oxygen atoms in total. The normalized spacial score (nSPS) is 14.8. The summed E-state index contributed by atoms with van der Waals surface area (Å²) >= 11 is 1.54. The van der Waals surface area contributed by atoms with E-state index in [0.717, 1.165) is 23.4 Å². The van der Waals surface area contributed by atoms with Gasteiger partial charge in [0, 0.05) is 17.0 Å². The molecule has 1 aliphatic rings. The van der Waals surface area contributed by atoms with E-state index < -0.39 is 11.2 Å². The Morgan fingerprint density at radius 3 is 2.83 bits per heavy atom. The lowest BCUT2D eigenvalue weighted by molar-refractivity contribution is -0.402. The average molecular weight is 427 g/mol. The van der Waals surface area contributed by atoms with Gasteiger partial charge in [-0.25, -0.2) is 0 Å². The van der Waals surface area contributed by atoms with Crippen molar-refractivity contribution in [2.24, 2.45) is 0 Å². The molecule has 3 aromatic rings. The van der Waals surface area contributed by atoms with Gasteiger partial charge in [0.15, 0.2) is 11.5 Å². The number of hydrogen-bond donors (Lipinski definition) is 1. The summed E-state index contributed by atoms with van der Waals surface area (Å²) in [5, 5.41) is 23.4. The van der Waals surface area contributed by atoms with Crippen molar-refractivity contribution in [3.8, 4) is 17.1 Å². The molecule has 1 atom stereocenters. The summed E-state index contributed by atoms with van der Waals surface area (Å²) in [6, 6.07) is 10.3. The smallest absolute Gasteiger partial charge is 0.433 e. The number of thioether (sulfide) groups is 1. The number of nitrogens with one attached hydrogen (secondary N) is 1. The van der Waals surface area contributed by atoms with Gasteiger partial charge in [-0.15, -0.1) is 10.2 Å². The SMILES string of the molecule is CCCCCCSc1nnc2c(n1)OC(c1ccc([N+](=O)[O-])o1)Nc1ccccc1-2. The molecule has 0 amide bonds. The molecule has 1 N–H and O–H groups in total. The number of benzene rings is 1. The van der Waals surface area contributed by atoms with Crippen molar-refractivity contribution in [2.45, 2.75) is 44.0 Å². The van der Waals surface area contributed by atoms with E-state index in [9.17, 15) is 10.1 Å². The third-order valence-electron chi connectivity index (χ3n) is 4.61. The Bertz CT molecular complexity index is 1040. The van der Waals surface area contributed by atoms with Gasteiger partial charge in [-0.3, -0.25) is 10.1 Å². The minimum absolute atomic E-state index is 0.275. The number of fused-ring (bicyclic) bond motifs is 3. The lowest BCUT2D eigenvalue weighted by Crippen LogP contribution is -2.16. The lowest BCUT2D eigenvalue weighted by Gasteiger charge is -2.16. The fourth-order valence-electron chi connectivity index (χ4n) is 3.11. The molecule has 156 valence electrons. The molecular weight excluding hydrogens is 406 g/mol. The van der Waals surface area contributed by atoms with Gasteiger partial charge in [-0.05, 0) is 18.6 Å². The van der Waals surface area contributed by atoms with Crippen LogP contribution in [0.5, 0.6) is 5.88 Å². The van der Waals surface area contributed by atoms with Crippen molar-refractivity contribution >= 4 is 23.3 Å². The maximum atomic E-state index is 11.0. The van der Waals surface area contributed by atoms with E-state index in [2.05, 4.69) is 27.4 Å². The highest BCUT2D eigenvalue weighted by molar-refractivity contribution is 7.99. The number of nitro groups is 1. The number of nitrogens with zero attached hydrogens (tertiary/aromatic N) is 4. The fraction of sp³-hybridized carbons (Fsp3) is 0.350. The first kappa shape index (κ1) is 20.1. The highest BCUT2D eigenvalue weighted by Crippen LogP contribution is 2.40. The van der Waals surface area contributed by atoms with Gasteiger partial charge in [0.1, 0.15) is 4.92 Å². The maximum Gasteiger partial charge on any atom is 0.433 e. The van der Waals surface area contributed by atoms with Crippen LogP contribution in [-0.4, -0.2) is 25.9 Å². The van der Waals surface area contributed by atoms with Crippen LogP contribution in [0.3, 0.4) is 0 Å². The number of ether oxygens (including phenoxy) is 1. The number of aromatic nitrogens is 3. The van der Waals surface area contributed by atoms with Crippen molar-refractivity contribution in [3.05, 3.63) is 52.3 Å². The largest absolute Gasteiger partial charge is 0.444 e. The Kier molecular flexibility index (Phi) is 6.12. The predicted molar refractivity (Wildman–Crippen MR) is 112 cm³/mol. The molecule has 0 bridgehead atoms. The first-order valence-electron chi connectivity index (χ1n) is 9.80. The Morgan fingerprint density at radius 2 is 2.03 bits per heavy atom. The standard InChI is InChI=1S/C20H21N5O4S/c1-2-3-4-7-12-30-20-22-19-17(23-24-20)13-8-5-6-9-14(13)21-18(29-19)15-10-11-16(28-15)25(26)27/h5-6,8-11,18,21H,2-4,7,12H2,1H3. The van der Waals surface area contributed by atoms with Crippen LogP contribution < -0.4 is 10.1 Å². The van der Waals surface area contributed by atoms with Crippen LogP contribution in [0.15, 0.2) is 46.0 Å². The third-order valence-corrected chi connectivity index (χ3v) is 5.54. The highest BCUT2D eigenvalue weighted by atomic mass is 32.2. The van der Waals surface area contributed by atoms with Crippen LogP contribution >= 0.6 is 11.8 Å². The second kappa shape index (κ2) is 9.12. The molecule has 1 aliphatic heterocycles. The van der Waals surface area contributed by atoms with Crippen molar-refractivity contribution in [1.82, 2.24) is 15.2 Å². The molecule has 1 aromatic carbocycles. The Labute approximate surface area is 177 Å². The number of anilines is 1. The molecule has 0 aliphatic carbocycles. The van der Waals surface area contributed by atoms with Gasteiger partial charge in [-0.1, -0.05) is 56.1 Å². The van der Waals surface area contributed by atoms with E-state index >= 15 is 0 Å². The van der Waals surface area contributed by atoms with Crippen LogP contribution in [0, 0.1) is 10.1 Å². The van der Waals surface area contributed by atoms with Crippen molar-refractivity contribution < 1.29 is 14.1 Å². The zero-order valence-corrected chi connectivity index (χ0v) is 17.2. The summed E-state index contributed by atoms with van der Waals surface area (Å²) in [6.07, 6.45) is 3.87. The minimum Gasteiger partial charge on any atom is -0.444 e. The molecule has 1 unspecified atom stereocenters. The summed E-state index contributed by atoms with van der Waals surface area (Å²) in [6.45, 7) is 2.18. The predicted octanol–water partition coefficient (Wildman–Crippen LogP) is 5.22. The molecular formula is C20H21N5O4S. The van der Waals surface area contributed by atoms with E-state index in [1.807, 2.05) is 24.3 Å². The van der Waals surface area contributed by atoms with Gasteiger partial charge in [0.25, 0.3) is 0 Å². The van der Waals surface area contributed by atoms with Gasteiger partial charge in [0.2, 0.25) is 17.3 Å². The van der Waals surface area contributed by atoms with Crippen molar-refractivity contribution in [2.75, 3.05) is 11.1 Å². The van der Waals surface area contributed by atoms with E-state index in [1.54, 1.807) is 0 Å². The number of para-hydroxylation sites is 1. The summed E-state index contributed by atoms with van der Waals surface area (Å²) in [5.74, 6) is 1.14. The molecule has 30 heavy (non-hydrogen) atoms. The second-order valence-corrected chi connectivity index (χ2v) is 7.84. The summed E-state index contributed by atoms with van der Waals surface area (Å²) in [5.41, 5.74) is 2.05. The average Bonchev–Trinajstić information content (AvgIpc) is 3.18. The molecule has 0 radical (unpaired) electrons. The van der Waals surface area contributed by atoms with Gasteiger partial charge in [0.05, 0.1) is 6.07 Å². The number of rotatable bonds is 8. The second-order valence-electron chi connectivity index (χ2n) is 6.78. The monoisotopic (exact) mass is 427 g/mol. The van der Waals surface area contributed by atoms with E-state index in [1.165, 1.54) is 43.2 Å². The van der Waals surface area contributed by atoms with Crippen LogP contribution in [0.2, 0.25) is 0 Å². The van der Waals surface area contributed by atoms with Gasteiger partial charge in [-0.2, -0.15) is 4.98 Å². The topological polar surface area (TPSA) is 116 Å². The van der Waals surface area contributed by atoms with E-state index in [0.29, 0.717) is 16.7 Å². The highest BCUT2D eigenvalue weighted by Gasteiger charge is 2.29. The van der Waals surface area contributed by atoms with Crippen molar-refractivity contribution in [1.29, 1.82) is 0 Å². The molecule has 10 heteroatoms. The Balaban J connectivity index is 1.62. The fourth-order valence-corrected chi connectivity index (χ4v) is 3.89. The lowest BCUT2D eigenvalue weighted by atomic mass is 10.1. The first-order valence-corrected chi connectivity index (χ1v) is 10.8. The molecule has 0 spiro atoms. The number of unbranched alkanes of at least 4 members (excludes halogenated alkanes) is 3. The maximum absolute atomic E-state index is 11.0. The minimum atomic E-state index is -0.791. The summed E-state index contributed by atoms with van der Waals surface area (Å²) in [4.78, 5) is 15.0. The molecule has 3 heterocycles. The van der Waals surface area contributed by atoms with E-state index in [4.69, 9.17) is 9.15 Å². The molecule has 0 fully saturated rings. The van der Waals surface area contributed by atoms with Crippen LogP contribution in [-0.2, 0) is 0 Å². The van der Waals surface area contributed by atoms with Crippen LogP contribution in [0.4, 0.5) is 11.6 Å². The Morgan fingerprint density at radius 1 is 1.17 bits per heavy atom. The molecule has 2 aromatic heterocycles. The third kappa shape index (κ3) is 4.38. The summed E-state index contributed by atoms with van der Waals surface area (Å²) in [7, 11) is 0. The molecule has 4 rings (SSSR count). The van der Waals surface area contributed by atoms with Gasteiger partial charge >= 0.3 is 5.88 Å². The van der Waals surface area contributed by atoms with Crippen molar-refractivity contribution in [3.63, 3.8) is 0 Å². The van der Waals surface area contributed by atoms with E-state index in [-0.39, 0.29) is 11.6 Å². The summed E-state index contributed by atoms with van der Waals surface area (Å²) < 4.78 is 11.4. The van der Waals surface area contributed by atoms with Crippen LogP contribution in [0.1, 0.15) is 44.6 Å². The molecule has 0 saturated heterocycles. The zero-order valence-electron chi connectivity index (χ0n) is 16.4. The van der Waals surface area contributed by atoms with Crippen LogP contribution in [0.25, 0.3) is 11.3 Å². The number of furan rings is 1. The quantitative estimate of drug-likeness (QED) is 0.223. The number of hydrogen-bond acceptors (Lipinski definition) is 9. The molecule has 0 saturated carbocycles. The first-order chi connectivity index (χ1) is 14.7. The Hall–Kier alpha value is -3.14.